The van der Waals surface area contributed by atoms with Crippen molar-refractivity contribution in [3.8, 4) is 5.75 Å². The van der Waals surface area contributed by atoms with Crippen LogP contribution in [0.2, 0.25) is 0 Å². The molecule has 82 valence electrons. The molecule has 1 amide bonds. The van der Waals surface area contributed by atoms with Crippen molar-refractivity contribution in [1.82, 2.24) is 0 Å². The summed E-state index contributed by atoms with van der Waals surface area (Å²) >= 11 is 3.09. The smallest absolute Gasteiger partial charge is 0.235 e. The summed E-state index contributed by atoms with van der Waals surface area (Å²) in [5.74, 6) is 0.608. The highest BCUT2D eigenvalue weighted by Crippen LogP contribution is 2.24. The van der Waals surface area contributed by atoms with E-state index < -0.39 is 0 Å². The molecule has 0 saturated carbocycles. The van der Waals surface area contributed by atoms with Crippen molar-refractivity contribution in [2.24, 2.45) is 0 Å². The highest BCUT2D eigenvalue weighted by atomic mass is 79.9. The largest absolute Gasteiger partial charge is 0.489 e. The number of rotatable bonds is 4. The second-order valence-corrected chi connectivity index (χ2v) is 3.91. The number of hydrogen-bond donors (Lipinski definition) is 1. The fourth-order valence-corrected chi connectivity index (χ4v) is 1.25. The zero-order valence-electron chi connectivity index (χ0n) is 8.79. The standard InChI is InChI=1S/C11H14BrNO2/c1-8(2)15-10-6-4-3-5-9(10)13-11(14)7-12/h3-6,8H,7H2,1-2H3,(H,13,14). The molecule has 3 nitrogen and oxygen atoms in total. The fraction of sp³-hybridized carbons (Fsp3) is 0.364. The molecule has 0 heterocycles. The summed E-state index contributed by atoms with van der Waals surface area (Å²) in [5.41, 5.74) is 0.704. The first-order valence-electron chi connectivity index (χ1n) is 4.75. The molecule has 4 heteroatoms. The van der Waals surface area contributed by atoms with E-state index in [1.807, 2.05) is 38.1 Å². The molecule has 0 saturated heterocycles. The van der Waals surface area contributed by atoms with Crippen LogP contribution in [0.4, 0.5) is 5.69 Å². The summed E-state index contributed by atoms with van der Waals surface area (Å²) < 4.78 is 5.56. The van der Waals surface area contributed by atoms with Gasteiger partial charge in [0.05, 0.1) is 17.1 Å². The van der Waals surface area contributed by atoms with E-state index in [0.717, 1.165) is 0 Å². The monoisotopic (exact) mass is 271 g/mol. The Labute approximate surface area is 97.9 Å². The van der Waals surface area contributed by atoms with E-state index in [1.54, 1.807) is 0 Å². The quantitative estimate of drug-likeness (QED) is 0.856. The Bertz CT molecular complexity index is 339. The number of benzene rings is 1. The second-order valence-electron chi connectivity index (χ2n) is 3.34. The molecule has 0 unspecified atom stereocenters. The van der Waals surface area contributed by atoms with Gasteiger partial charge in [-0.1, -0.05) is 28.1 Å². The fourth-order valence-electron chi connectivity index (χ4n) is 1.11. The molecule has 0 spiro atoms. The number of amides is 1. The molecule has 0 fully saturated rings. The van der Waals surface area contributed by atoms with Crippen LogP contribution in [0.25, 0.3) is 0 Å². The van der Waals surface area contributed by atoms with Crippen LogP contribution in [-0.2, 0) is 4.79 Å². The molecule has 15 heavy (non-hydrogen) atoms. The summed E-state index contributed by atoms with van der Waals surface area (Å²) in [6.45, 7) is 3.90. The van der Waals surface area contributed by atoms with Crippen LogP contribution in [0.15, 0.2) is 24.3 Å². The third-order valence-electron chi connectivity index (χ3n) is 1.65. The van der Waals surface area contributed by atoms with Crippen LogP contribution < -0.4 is 10.1 Å². The number of carbonyl (C=O) groups is 1. The zero-order valence-corrected chi connectivity index (χ0v) is 10.4. The molecular weight excluding hydrogens is 258 g/mol. The third kappa shape index (κ3) is 3.91. The van der Waals surface area contributed by atoms with Gasteiger partial charge in [-0.15, -0.1) is 0 Å². The molecule has 0 radical (unpaired) electrons. The topological polar surface area (TPSA) is 38.3 Å². The predicted molar refractivity (Wildman–Crippen MR) is 64.6 cm³/mol. The average molecular weight is 272 g/mol. The summed E-state index contributed by atoms with van der Waals surface area (Å²) in [6.07, 6.45) is 0.0898. The first kappa shape index (κ1) is 12.0. The lowest BCUT2D eigenvalue weighted by Gasteiger charge is -2.14. The van der Waals surface area contributed by atoms with Crippen LogP contribution in [-0.4, -0.2) is 17.3 Å². The van der Waals surface area contributed by atoms with Gasteiger partial charge in [0.1, 0.15) is 5.75 Å². The van der Waals surface area contributed by atoms with Gasteiger partial charge in [-0.2, -0.15) is 0 Å². The molecule has 1 rings (SSSR count). The van der Waals surface area contributed by atoms with Crippen molar-refractivity contribution in [2.45, 2.75) is 20.0 Å². The molecular formula is C11H14BrNO2. The number of nitrogens with one attached hydrogen (secondary N) is 1. The van der Waals surface area contributed by atoms with Gasteiger partial charge in [-0.25, -0.2) is 0 Å². The number of anilines is 1. The van der Waals surface area contributed by atoms with Gasteiger partial charge in [-0.05, 0) is 26.0 Å². The highest BCUT2D eigenvalue weighted by Gasteiger charge is 2.07. The molecule has 0 aromatic heterocycles. The van der Waals surface area contributed by atoms with E-state index >= 15 is 0 Å². The number of hydrogen-bond acceptors (Lipinski definition) is 2. The van der Waals surface area contributed by atoms with Crippen LogP contribution >= 0.6 is 15.9 Å². The van der Waals surface area contributed by atoms with Crippen molar-refractivity contribution < 1.29 is 9.53 Å². The summed E-state index contributed by atoms with van der Waals surface area (Å²) in [4.78, 5) is 11.2. The van der Waals surface area contributed by atoms with Crippen LogP contribution in [0.5, 0.6) is 5.75 Å². The Hall–Kier alpha value is -1.03. The van der Waals surface area contributed by atoms with Crippen molar-refractivity contribution in [2.75, 3.05) is 10.6 Å². The Kier molecular flexibility index (Phi) is 4.62. The van der Waals surface area contributed by atoms with Gasteiger partial charge in [0, 0.05) is 0 Å². The van der Waals surface area contributed by atoms with E-state index in [9.17, 15) is 4.79 Å². The molecule has 1 aromatic rings. The number of carbonyl (C=O) groups excluding carboxylic acids is 1. The van der Waals surface area contributed by atoms with Gasteiger partial charge in [0.2, 0.25) is 5.91 Å². The molecule has 0 aliphatic heterocycles. The number of halogens is 1. The van der Waals surface area contributed by atoms with Gasteiger partial charge < -0.3 is 10.1 Å². The maximum Gasteiger partial charge on any atom is 0.235 e. The van der Waals surface area contributed by atoms with E-state index in [1.165, 1.54) is 0 Å². The zero-order chi connectivity index (χ0) is 11.3. The average Bonchev–Trinajstić information content (AvgIpc) is 2.20. The minimum absolute atomic E-state index is 0.0881. The Morgan fingerprint density at radius 2 is 2.13 bits per heavy atom. The van der Waals surface area contributed by atoms with Crippen molar-refractivity contribution in [1.29, 1.82) is 0 Å². The third-order valence-corrected chi connectivity index (χ3v) is 2.15. The van der Waals surface area contributed by atoms with Crippen molar-refractivity contribution in [3.63, 3.8) is 0 Å². The predicted octanol–water partition coefficient (Wildman–Crippen LogP) is 2.81. The number of para-hydroxylation sites is 2. The Balaban J connectivity index is 2.81. The van der Waals surface area contributed by atoms with E-state index in [4.69, 9.17) is 4.74 Å². The van der Waals surface area contributed by atoms with E-state index in [2.05, 4.69) is 21.2 Å². The van der Waals surface area contributed by atoms with Crippen LogP contribution in [0, 0.1) is 0 Å². The van der Waals surface area contributed by atoms with Crippen molar-refractivity contribution >= 4 is 27.5 Å². The van der Waals surface area contributed by atoms with E-state index in [0.29, 0.717) is 11.4 Å². The normalized spacial score (nSPS) is 10.1. The molecule has 0 aliphatic carbocycles. The Morgan fingerprint density at radius 1 is 1.47 bits per heavy atom. The summed E-state index contributed by atoms with van der Waals surface area (Å²) in [7, 11) is 0. The summed E-state index contributed by atoms with van der Waals surface area (Å²) in [5, 5.41) is 3.04. The Morgan fingerprint density at radius 3 is 2.73 bits per heavy atom. The highest BCUT2D eigenvalue weighted by molar-refractivity contribution is 9.09. The molecule has 1 aromatic carbocycles. The van der Waals surface area contributed by atoms with Gasteiger partial charge in [-0.3, -0.25) is 4.79 Å². The molecule has 0 bridgehead atoms. The van der Waals surface area contributed by atoms with Gasteiger partial charge >= 0.3 is 0 Å². The van der Waals surface area contributed by atoms with Crippen LogP contribution in [0.3, 0.4) is 0 Å². The lowest BCUT2D eigenvalue weighted by Crippen LogP contribution is -2.14. The molecule has 1 N–H and O–H groups in total. The van der Waals surface area contributed by atoms with Crippen molar-refractivity contribution in [3.05, 3.63) is 24.3 Å². The summed E-state index contributed by atoms with van der Waals surface area (Å²) in [6, 6.07) is 7.39. The minimum atomic E-state index is -0.0881. The van der Waals surface area contributed by atoms with E-state index in [-0.39, 0.29) is 17.3 Å². The number of alkyl halides is 1. The van der Waals surface area contributed by atoms with Gasteiger partial charge in [0.15, 0.2) is 0 Å². The lowest BCUT2D eigenvalue weighted by atomic mass is 10.3. The lowest BCUT2D eigenvalue weighted by molar-refractivity contribution is -0.113. The van der Waals surface area contributed by atoms with Crippen LogP contribution in [0.1, 0.15) is 13.8 Å². The first-order chi connectivity index (χ1) is 7.13. The number of ether oxygens (including phenoxy) is 1. The first-order valence-corrected chi connectivity index (χ1v) is 5.87. The maximum absolute atomic E-state index is 11.2. The maximum atomic E-state index is 11.2. The molecule has 0 atom stereocenters. The minimum Gasteiger partial charge on any atom is -0.489 e. The second kappa shape index (κ2) is 5.75. The molecule has 0 aliphatic rings. The SMILES string of the molecule is CC(C)Oc1ccccc1NC(=O)CBr. The van der Waals surface area contributed by atoms with Gasteiger partial charge in [0.25, 0.3) is 0 Å².